The van der Waals surface area contributed by atoms with Crippen LogP contribution in [0.2, 0.25) is 0 Å². The molecule has 0 aromatic heterocycles. The number of likely N-dealkylation sites (N-methyl/N-ethyl adjacent to an activating group) is 1. The first-order chi connectivity index (χ1) is 7.60. The molecule has 0 fully saturated rings. The largest absolute Gasteiger partial charge is 0.497 e. The van der Waals surface area contributed by atoms with Gasteiger partial charge in [-0.25, -0.2) is 0 Å². The van der Waals surface area contributed by atoms with Crippen LogP contribution in [0, 0.1) is 0 Å². The maximum absolute atomic E-state index is 6.16. The lowest BCUT2D eigenvalue weighted by Gasteiger charge is -2.30. The van der Waals surface area contributed by atoms with Gasteiger partial charge in [0.2, 0.25) is 0 Å². The van der Waals surface area contributed by atoms with E-state index in [1.807, 2.05) is 12.1 Å². The third-order valence-electron chi connectivity index (χ3n) is 2.87. The fraction of sp³-hybridized carbons (Fsp3) is 0.538. The molecule has 0 heterocycles. The van der Waals surface area contributed by atoms with Crippen LogP contribution < -0.4 is 10.5 Å². The zero-order chi connectivity index (χ0) is 12.1. The third kappa shape index (κ3) is 2.97. The van der Waals surface area contributed by atoms with Crippen molar-refractivity contribution in [3.63, 3.8) is 0 Å². The number of hydrogen-bond donors (Lipinski definition) is 1. The van der Waals surface area contributed by atoms with Crippen molar-refractivity contribution in [3.8, 4) is 5.75 Å². The predicted octanol–water partition coefficient (Wildman–Crippen LogP) is 2.04. The lowest BCUT2D eigenvalue weighted by molar-refractivity contribution is 0.253. The van der Waals surface area contributed by atoms with Gasteiger partial charge in [-0.1, -0.05) is 19.1 Å². The highest BCUT2D eigenvalue weighted by molar-refractivity contribution is 5.31. The van der Waals surface area contributed by atoms with Crippen LogP contribution in [0.4, 0.5) is 0 Å². The summed E-state index contributed by atoms with van der Waals surface area (Å²) in [6.07, 6.45) is 0.958. The van der Waals surface area contributed by atoms with Crippen LogP contribution in [0.3, 0.4) is 0 Å². The Kier molecular flexibility index (Phi) is 4.77. The quantitative estimate of drug-likeness (QED) is 0.828. The molecule has 0 amide bonds. The Bertz CT molecular complexity index is 325. The first kappa shape index (κ1) is 13.0. The van der Waals surface area contributed by atoms with Crippen LogP contribution in [0.1, 0.15) is 24.9 Å². The maximum atomic E-state index is 6.16. The standard InChI is InChI=1S/C13H22N2O/c1-5-12(14)13(15(2)3)10-7-6-8-11(9-10)16-4/h6-9,12-13H,5,14H2,1-4H3. The molecule has 1 rings (SSSR count). The Labute approximate surface area is 98.2 Å². The molecule has 0 saturated heterocycles. The maximum Gasteiger partial charge on any atom is 0.119 e. The second kappa shape index (κ2) is 5.87. The fourth-order valence-electron chi connectivity index (χ4n) is 1.98. The molecule has 16 heavy (non-hydrogen) atoms. The molecule has 0 aliphatic carbocycles. The van der Waals surface area contributed by atoms with Gasteiger partial charge in [0.1, 0.15) is 5.75 Å². The summed E-state index contributed by atoms with van der Waals surface area (Å²) >= 11 is 0. The summed E-state index contributed by atoms with van der Waals surface area (Å²) in [6, 6.07) is 8.49. The first-order valence-corrected chi connectivity index (χ1v) is 5.66. The molecular weight excluding hydrogens is 200 g/mol. The van der Waals surface area contributed by atoms with Gasteiger partial charge in [0.05, 0.1) is 7.11 Å². The number of hydrogen-bond acceptors (Lipinski definition) is 3. The highest BCUT2D eigenvalue weighted by Crippen LogP contribution is 2.25. The molecule has 0 spiro atoms. The van der Waals surface area contributed by atoms with Crippen LogP contribution >= 0.6 is 0 Å². The van der Waals surface area contributed by atoms with Crippen LogP contribution in [0.25, 0.3) is 0 Å². The molecule has 3 nitrogen and oxygen atoms in total. The average molecular weight is 222 g/mol. The van der Waals surface area contributed by atoms with Crippen molar-refractivity contribution in [2.24, 2.45) is 5.73 Å². The summed E-state index contributed by atoms with van der Waals surface area (Å²) in [5, 5.41) is 0. The molecule has 0 aliphatic heterocycles. The third-order valence-corrected chi connectivity index (χ3v) is 2.87. The van der Waals surface area contributed by atoms with E-state index in [-0.39, 0.29) is 12.1 Å². The average Bonchev–Trinajstić information content (AvgIpc) is 2.29. The number of rotatable bonds is 5. The first-order valence-electron chi connectivity index (χ1n) is 5.66. The summed E-state index contributed by atoms with van der Waals surface area (Å²) in [5.41, 5.74) is 7.37. The zero-order valence-electron chi connectivity index (χ0n) is 10.6. The molecule has 90 valence electrons. The van der Waals surface area contributed by atoms with Gasteiger partial charge in [0.25, 0.3) is 0 Å². The molecule has 2 atom stereocenters. The van der Waals surface area contributed by atoms with Crippen LogP contribution in [-0.4, -0.2) is 32.1 Å². The normalized spacial score (nSPS) is 14.9. The minimum Gasteiger partial charge on any atom is -0.497 e. The van der Waals surface area contributed by atoms with Gasteiger partial charge in [0.15, 0.2) is 0 Å². The topological polar surface area (TPSA) is 38.5 Å². The summed E-state index contributed by atoms with van der Waals surface area (Å²) in [4.78, 5) is 2.16. The van der Waals surface area contributed by atoms with Crippen molar-refractivity contribution < 1.29 is 4.74 Å². The number of nitrogens with two attached hydrogens (primary N) is 1. The van der Waals surface area contributed by atoms with E-state index in [9.17, 15) is 0 Å². The molecule has 2 N–H and O–H groups in total. The van der Waals surface area contributed by atoms with E-state index in [1.165, 1.54) is 5.56 Å². The van der Waals surface area contributed by atoms with Gasteiger partial charge in [-0.2, -0.15) is 0 Å². The summed E-state index contributed by atoms with van der Waals surface area (Å²) < 4.78 is 5.24. The second-order valence-corrected chi connectivity index (χ2v) is 4.26. The van der Waals surface area contributed by atoms with Gasteiger partial charge < -0.3 is 15.4 Å². The Morgan fingerprint density at radius 3 is 2.56 bits per heavy atom. The molecule has 3 heteroatoms. The second-order valence-electron chi connectivity index (χ2n) is 4.26. The fourth-order valence-corrected chi connectivity index (χ4v) is 1.98. The molecule has 2 unspecified atom stereocenters. The lowest BCUT2D eigenvalue weighted by Crippen LogP contribution is -2.36. The van der Waals surface area contributed by atoms with Gasteiger partial charge in [-0.3, -0.25) is 0 Å². The SMILES string of the molecule is CCC(N)C(c1cccc(OC)c1)N(C)C. The van der Waals surface area contributed by atoms with E-state index >= 15 is 0 Å². The van der Waals surface area contributed by atoms with E-state index < -0.39 is 0 Å². The van der Waals surface area contributed by atoms with E-state index in [1.54, 1.807) is 7.11 Å². The minimum absolute atomic E-state index is 0.141. The molecule has 1 aromatic rings. The number of ether oxygens (including phenoxy) is 1. The van der Waals surface area contributed by atoms with Gasteiger partial charge >= 0.3 is 0 Å². The lowest BCUT2D eigenvalue weighted by atomic mass is 9.97. The molecule has 0 radical (unpaired) electrons. The Balaban J connectivity index is 3.00. The van der Waals surface area contributed by atoms with Gasteiger partial charge in [-0.15, -0.1) is 0 Å². The summed E-state index contributed by atoms with van der Waals surface area (Å²) in [7, 11) is 5.79. The molecule has 0 aliphatic rings. The Morgan fingerprint density at radius 2 is 2.06 bits per heavy atom. The van der Waals surface area contributed by atoms with Crippen LogP contribution in [-0.2, 0) is 0 Å². The number of nitrogens with zero attached hydrogens (tertiary/aromatic N) is 1. The highest BCUT2D eigenvalue weighted by atomic mass is 16.5. The molecule has 0 saturated carbocycles. The van der Waals surface area contributed by atoms with E-state index in [0.717, 1.165) is 12.2 Å². The van der Waals surface area contributed by atoms with Crippen LogP contribution in [0.5, 0.6) is 5.75 Å². The van der Waals surface area contributed by atoms with Crippen molar-refractivity contribution in [2.75, 3.05) is 21.2 Å². The molecular formula is C13H22N2O. The monoisotopic (exact) mass is 222 g/mol. The minimum atomic E-state index is 0.141. The van der Waals surface area contributed by atoms with Crippen molar-refractivity contribution >= 4 is 0 Å². The predicted molar refractivity (Wildman–Crippen MR) is 67.7 cm³/mol. The van der Waals surface area contributed by atoms with E-state index in [2.05, 4.69) is 38.1 Å². The van der Waals surface area contributed by atoms with Crippen molar-refractivity contribution in [2.45, 2.75) is 25.4 Å². The van der Waals surface area contributed by atoms with Crippen molar-refractivity contribution in [3.05, 3.63) is 29.8 Å². The zero-order valence-corrected chi connectivity index (χ0v) is 10.6. The number of methoxy groups -OCH3 is 1. The van der Waals surface area contributed by atoms with E-state index in [0.29, 0.717) is 0 Å². The Morgan fingerprint density at radius 1 is 1.38 bits per heavy atom. The molecule has 0 bridgehead atoms. The van der Waals surface area contributed by atoms with Gasteiger partial charge in [-0.05, 0) is 38.2 Å². The van der Waals surface area contributed by atoms with E-state index in [4.69, 9.17) is 10.5 Å². The van der Waals surface area contributed by atoms with Gasteiger partial charge in [0, 0.05) is 12.1 Å². The smallest absolute Gasteiger partial charge is 0.119 e. The van der Waals surface area contributed by atoms with Crippen LogP contribution in [0.15, 0.2) is 24.3 Å². The number of benzene rings is 1. The molecule has 1 aromatic carbocycles. The van der Waals surface area contributed by atoms with Crippen molar-refractivity contribution in [1.82, 2.24) is 4.90 Å². The summed E-state index contributed by atoms with van der Waals surface area (Å²) in [6.45, 7) is 2.11. The van der Waals surface area contributed by atoms with Crippen molar-refractivity contribution in [1.29, 1.82) is 0 Å². The Hall–Kier alpha value is -1.06. The highest BCUT2D eigenvalue weighted by Gasteiger charge is 2.20. The summed E-state index contributed by atoms with van der Waals surface area (Å²) in [5.74, 6) is 0.882.